The summed E-state index contributed by atoms with van der Waals surface area (Å²) < 4.78 is 93.8. The number of hydrogen-bond donors (Lipinski definition) is 1. The molecule has 3 atom stereocenters. The summed E-state index contributed by atoms with van der Waals surface area (Å²) in [5.74, 6) is 1.03. The van der Waals surface area contributed by atoms with Crippen molar-refractivity contribution in [2.24, 2.45) is 11.8 Å². The highest BCUT2D eigenvalue weighted by Crippen LogP contribution is 3.02. The third-order valence-electron chi connectivity index (χ3n) is 5.85. The van der Waals surface area contributed by atoms with Crippen molar-refractivity contribution in [1.29, 1.82) is 0 Å². The van der Waals surface area contributed by atoms with Gasteiger partial charge >= 0.3 is 10.2 Å². The number of sulfonamides is 1. The van der Waals surface area contributed by atoms with Crippen molar-refractivity contribution in [2.45, 2.75) is 15.8 Å². The molecule has 1 amide bonds. The zero-order valence-corrected chi connectivity index (χ0v) is 18.8. The number of nitrogens with zero attached hydrogens (tertiary/aromatic N) is 4. The molecule has 2 aromatic rings. The van der Waals surface area contributed by atoms with E-state index in [0.29, 0.717) is 6.07 Å². The van der Waals surface area contributed by atoms with Crippen LogP contribution in [0.15, 0.2) is 52.4 Å². The van der Waals surface area contributed by atoms with Gasteiger partial charge in [0.15, 0.2) is 5.69 Å². The first-order valence-corrected chi connectivity index (χ1v) is 13.2. The van der Waals surface area contributed by atoms with Gasteiger partial charge in [0.25, 0.3) is 5.91 Å². The van der Waals surface area contributed by atoms with Crippen LogP contribution in [0.5, 0.6) is 0 Å². The summed E-state index contributed by atoms with van der Waals surface area (Å²) in [6, 6.07) is 0.653. The minimum Gasteiger partial charge on any atom is -0.336 e. The number of fused-ring (bicyclic) bond motifs is 1. The molecule has 15 heteroatoms. The number of rotatable bonds is 5. The fourth-order valence-electron chi connectivity index (χ4n) is 4.34. The van der Waals surface area contributed by atoms with Crippen LogP contribution < -0.4 is 0 Å². The van der Waals surface area contributed by atoms with Crippen LogP contribution in [0.3, 0.4) is 0 Å². The largest absolute Gasteiger partial charge is 0.336 e. The molecule has 1 N–H and O–H groups in total. The van der Waals surface area contributed by atoms with E-state index in [4.69, 9.17) is 6.42 Å². The zero-order chi connectivity index (χ0) is 25.0. The standard InChI is InChI=1S/C19H18F5N5O3S2/c1-2-3-7-18-16-12-28(19(30)17-9-25-27-26-17)10-13(16)11-29(18)33(31,32)14-5-4-6-15(8-14)34(20,21,22,23)24/h1,3-9,13,16,18H,10-12H2,(H,25,26,27)/b7-3+/t13-,16-,18?/m0/s1. The van der Waals surface area contributed by atoms with Crippen LogP contribution in [0.4, 0.5) is 19.4 Å². The molecule has 0 spiro atoms. The quantitative estimate of drug-likeness (QED) is 0.479. The third-order valence-corrected chi connectivity index (χ3v) is 8.85. The lowest BCUT2D eigenvalue weighted by Gasteiger charge is -2.40. The molecule has 184 valence electrons. The minimum absolute atomic E-state index is 0.0483. The molecule has 34 heavy (non-hydrogen) atoms. The van der Waals surface area contributed by atoms with E-state index in [0.717, 1.165) is 10.4 Å². The van der Waals surface area contributed by atoms with Gasteiger partial charge in [0, 0.05) is 31.6 Å². The van der Waals surface area contributed by atoms with Crippen molar-refractivity contribution in [3.63, 3.8) is 0 Å². The van der Waals surface area contributed by atoms with Crippen LogP contribution in [0.25, 0.3) is 0 Å². The maximum Gasteiger partial charge on any atom is 0.310 e. The van der Waals surface area contributed by atoms with E-state index in [1.807, 2.05) is 0 Å². The third kappa shape index (κ3) is 4.40. The second-order valence-corrected chi connectivity index (χ2v) is 12.3. The summed E-state index contributed by atoms with van der Waals surface area (Å²) >= 11 is 0. The van der Waals surface area contributed by atoms with Crippen LogP contribution in [0, 0.1) is 24.2 Å². The number of H-pyrrole nitrogens is 1. The Morgan fingerprint density at radius 2 is 1.94 bits per heavy atom. The molecular formula is C19H18F5N5O3S2. The lowest BCUT2D eigenvalue weighted by Crippen LogP contribution is -2.40. The lowest BCUT2D eigenvalue weighted by atomic mass is 9.94. The topological polar surface area (TPSA) is 99.3 Å². The van der Waals surface area contributed by atoms with Crippen LogP contribution >= 0.6 is 10.2 Å². The number of terminal acetylenes is 1. The first-order valence-electron chi connectivity index (χ1n) is 9.76. The molecule has 1 aromatic heterocycles. The van der Waals surface area contributed by atoms with Gasteiger partial charge in [-0.15, -0.1) is 11.5 Å². The van der Waals surface area contributed by atoms with Gasteiger partial charge in [-0.25, -0.2) is 8.42 Å². The molecule has 1 aromatic carbocycles. The molecule has 3 heterocycles. The maximum atomic E-state index is 13.3. The maximum absolute atomic E-state index is 13.3. The van der Waals surface area contributed by atoms with E-state index in [1.165, 1.54) is 23.2 Å². The van der Waals surface area contributed by atoms with Gasteiger partial charge in [-0.1, -0.05) is 42.7 Å². The highest BCUT2D eigenvalue weighted by Gasteiger charge is 2.65. The first-order chi connectivity index (χ1) is 15.6. The van der Waals surface area contributed by atoms with Gasteiger partial charge < -0.3 is 4.90 Å². The number of likely N-dealkylation sites (tertiary alicyclic amines) is 1. The van der Waals surface area contributed by atoms with Crippen LogP contribution in [-0.2, 0) is 10.0 Å². The number of nitrogens with one attached hydrogen (secondary N) is 1. The lowest BCUT2D eigenvalue weighted by molar-refractivity contribution is 0.0770. The number of aromatic nitrogens is 3. The second kappa shape index (κ2) is 7.27. The Labute approximate surface area is 191 Å². The Morgan fingerprint density at radius 1 is 1.21 bits per heavy atom. The first kappa shape index (κ1) is 24.2. The van der Waals surface area contributed by atoms with Gasteiger partial charge in [0.05, 0.1) is 11.1 Å². The van der Waals surface area contributed by atoms with Crippen LogP contribution in [0.1, 0.15) is 10.5 Å². The SMILES string of the molecule is C#C/C=C/C1[C@H]2CN(C(=O)c3c[nH]nn3)C[C@H]2CN1S(=O)(=O)c1cccc(S(F)(F)(F)(F)F)c1. The number of allylic oxidation sites excluding steroid dienone is 1. The van der Waals surface area contributed by atoms with Crippen molar-refractivity contribution in [2.75, 3.05) is 19.6 Å². The number of carbonyl (C=O) groups is 1. The highest BCUT2D eigenvalue weighted by molar-refractivity contribution is 8.45. The molecule has 2 fully saturated rings. The van der Waals surface area contributed by atoms with Gasteiger partial charge in [-0.3, -0.25) is 9.89 Å². The van der Waals surface area contributed by atoms with Gasteiger partial charge in [0.1, 0.15) is 4.90 Å². The van der Waals surface area contributed by atoms with E-state index in [9.17, 15) is 32.6 Å². The second-order valence-electron chi connectivity index (χ2n) is 8.03. The zero-order valence-electron chi connectivity index (χ0n) is 17.2. The number of aromatic amines is 1. The van der Waals surface area contributed by atoms with Gasteiger partial charge in [-0.2, -0.15) is 4.31 Å². The van der Waals surface area contributed by atoms with Gasteiger partial charge in [-0.05, 0) is 30.2 Å². The summed E-state index contributed by atoms with van der Waals surface area (Å²) in [5, 5.41) is 9.57. The van der Waals surface area contributed by atoms with Crippen molar-refractivity contribution >= 4 is 26.2 Å². The Morgan fingerprint density at radius 3 is 2.56 bits per heavy atom. The predicted octanol–water partition coefficient (Wildman–Crippen LogP) is 3.41. The van der Waals surface area contributed by atoms with Crippen molar-refractivity contribution < 1.29 is 32.6 Å². The molecular weight excluding hydrogens is 505 g/mol. The van der Waals surface area contributed by atoms with Crippen molar-refractivity contribution in [3.05, 3.63) is 48.3 Å². The van der Waals surface area contributed by atoms with Crippen LogP contribution in [-0.4, -0.2) is 64.6 Å². The van der Waals surface area contributed by atoms with E-state index in [1.54, 1.807) is 0 Å². The summed E-state index contributed by atoms with van der Waals surface area (Å²) in [7, 11) is -14.7. The van der Waals surface area contributed by atoms with Crippen LogP contribution in [0.2, 0.25) is 0 Å². The molecule has 0 aliphatic carbocycles. The summed E-state index contributed by atoms with van der Waals surface area (Å²) in [6.45, 7) is 0.150. The molecule has 2 aliphatic rings. The number of hydrogen-bond acceptors (Lipinski definition) is 5. The Kier molecular flexibility index (Phi) is 5.17. The molecule has 0 saturated carbocycles. The monoisotopic (exact) mass is 523 g/mol. The summed E-state index contributed by atoms with van der Waals surface area (Å²) in [6.07, 6.45) is 9.22. The fourth-order valence-corrected chi connectivity index (χ4v) is 6.83. The summed E-state index contributed by atoms with van der Waals surface area (Å²) in [4.78, 5) is 10.9. The van der Waals surface area contributed by atoms with E-state index in [2.05, 4.69) is 21.3 Å². The fraction of sp³-hybridized carbons (Fsp3) is 0.316. The molecule has 1 unspecified atom stereocenters. The normalized spacial score (nSPS) is 25.6. The minimum atomic E-state index is -10.1. The Bertz CT molecular complexity index is 1310. The molecule has 2 aliphatic heterocycles. The Hall–Kier alpha value is -2.96. The molecule has 4 rings (SSSR count). The van der Waals surface area contributed by atoms with Crippen molar-refractivity contribution in [3.8, 4) is 12.3 Å². The average Bonchev–Trinajstić information content (AvgIpc) is 3.47. The number of amides is 1. The predicted molar refractivity (Wildman–Crippen MR) is 113 cm³/mol. The summed E-state index contributed by atoms with van der Waals surface area (Å²) in [5.41, 5.74) is 0.0768. The molecule has 0 bridgehead atoms. The van der Waals surface area contributed by atoms with Gasteiger partial charge in [0.2, 0.25) is 10.0 Å². The van der Waals surface area contributed by atoms with E-state index in [-0.39, 0.29) is 43.4 Å². The van der Waals surface area contributed by atoms with E-state index >= 15 is 0 Å². The number of halogens is 5. The average molecular weight is 524 g/mol. The highest BCUT2D eigenvalue weighted by atomic mass is 32.5. The molecule has 8 nitrogen and oxygen atoms in total. The van der Waals surface area contributed by atoms with Crippen molar-refractivity contribution in [1.82, 2.24) is 24.6 Å². The molecule has 0 radical (unpaired) electrons. The Balaban J connectivity index is 1.66. The smallest absolute Gasteiger partial charge is 0.310 e. The molecule has 2 saturated heterocycles. The number of benzene rings is 1. The van der Waals surface area contributed by atoms with E-state index < -0.39 is 47.9 Å². The number of carbonyl (C=O) groups excluding carboxylic acids is 1.